The summed E-state index contributed by atoms with van der Waals surface area (Å²) in [7, 11) is 0. The highest BCUT2D eigenvalue weighted by Gasteiger charge is 1.87. The minimum atomic E-state index is -0.263. The van der Waals surface area contributed by atoms with Crippen molar-refractivity contribution in [3.63, 3.8) is 0 Å². The predicted octanol–water partition coefficient (Wildman–Crippen LogP) is 0.777. The van der Waals surface area contributed by atoms with Gasteiger partial charge >= 0.3 is 5.97 Å². The van der Waals surface area contributed by atoms with Crippen LogP contribution in [0.25, 0.3) is 0 Å². The third-order valence-electron chi connectivity index (χ3n) is 0.657. The fourth-order valence-corrected chi connectivity index (χ4v) is 0.334. The lowest BCUT2D eigenvalue weighted by atomic mass is 10.4. The van der Waals surface area contributed by atoms with Crippen molar-refractivity contribution < 1.29 is 9.53 Å². The molecule has 0 aliphatic rings. The van der Waals surface area contributed by atoms with Gasteiger partial charge in [0.1, 0.15) is 6.61 Å². The fourth-order valence-electron chi connectivity index (χ4n) is 0.334. The summed E-state index contributed by atoms with van der Waals surface area (Å²) in [6, 6.07) is 0. The summed E-state index contributed by atoms with van der Waals surface area (Å²) in [4.78, 5) is 10.1. The van der Waals surface area contributed by atoms with Gasteiger partial charge in [-0.1, -0.05) is 5.92 Å². The van der Waals surface area contributed by atoms with E-state index in [0.717, 1.165) is 0 Å². The Balaban J connectivity index is 3.07. The van der Waals surface area contributed by atoms with E-state index in [0.29, 0.717) is 13.0 Å². The van der Waals surface area contributed by atoms with Gasteiger partial charge in [0, 0.05) is 20.3 Å². The normalized spacial score (nSPS) is 7.33. The number of hydrogen-bond donors (Lipinski definition) is 0. The molecule has 0 heterocycles. The van der Waals surface area contributed by atoms with Crippen molar-refractivity contribution in [3.05, 3.63) is 6.92 Å². The van der Waals surface area contributed by atoms with Gasteiger partial charge in [0.05, 0.1) is 0 Å². The van der Waals surface area contributed by atoms with E-state index in [-0.39, 0.29) is 5.97 Å². The van der Waals surface area contributed by atoms with E-state index in [9.17, 15) is 4.79 Å². The average Bonchev–Trinajstić information content (AvgIpc) is 1.80. The third kappa shape index (κ3) is 7.03. The van der Waals surface area contributed by atoms with Gasteiger partial charge in [0.2, 0.25) is 0 Å². The quantitative estimate of drug-likeness (QED) is 0.309. The molecule has 0 unspecified atom stereocenters. The summed E-state index contributed by atoms with van der Waals surface area (Å²) >= 11 is 0. The van der Waals surface area contributed by atoms with Crippen LogP contribution in [0.15, 0.2) is 0 Å². The molecule has 0 saturated carbocycles. The standard InChI is InChI=1S/C7H9O2/c1-3-4-5-6-9-7(2)8/h1,5-6H2,2H3. The van der Waals surface area contributed by atoms with Gasteiger partial charge in [-0.15, -0.1) is 5.92 Å². The van der Waals surface area contributed by atoms with Crippen LogP contribution >= 0.6 is 0 Å². The molecule has 0 fully saturated rings. The molecule has 2 nitrogen and oxygen atoms in total. The third-order valence-corrected chi connectivity index (χ3v) is 0.657. The maximum Gasteiger partial charge on any atom is 0.302 e. The molecular formula is C7H9O2. The highest BCUT2D eigenvalue weighted by atomic mass is 16.5. The summed E-state index contributed by atoms with van der Waals surface area (Å²) in [5.74, 6) is 4.85. The summed E-state index contributed by atoms with van der Waals surface area (Å²) in [5, 5.41) is 0. The second kappa shape index (κ2) is 5.17. The van der Waals surface area contributed by atoms with Crippen LogP contribution in [-0.2, 0) is 9.53 Å². The molecule has 49 valence electrons. The summed E-state index contributed by atoms with van der Waals surface area (Å²) in [5.41, 5.74) is 0. The van der Waals surface area contributed by atoms with Crippen LogP contribution in [-0.4, -0.2) is 12.6 Å². The number of hydrogen-bond acceptors (Lipinski definition) is 2. The van der Waals surface area contributed by atoms with Crippen molar-refractivity contribution in [1.29, 1.82) is 0 Å². The predicted molar refractivity (Wildman–Crippen MR) is 34.4 cm³/mol. The maximum atomic E-state index is 10.1. The molecule has 0 saturated heterocycles. The van der Waals surface area contributed by atoms with E-state index in [4.69, 9.17) is 0 Å². The van der Waals surface area contributed by atoms with E-state index >= 15 is 0 Å². The zero-order valence-corrected chi connectivity index (χ0v) is 5.44. The molecule has 0 atom stereocenters. The summed E-state index contributed by atoms with van der Waals surface area (Å²) in [6.45, 7) is 5.05. The van der Waals surface area contributed by atoms with Gasteiger partial charge in [-0.2, -0.15) is 0 Å². The number of rotatable bonds is 2. The molecule has 0 aromatic heterocycles. The van der Waals surface area contributed by atoms with Crippen molar-refractivity contribution in [1.82, 2.24) is 0 Å². The first-order valence-corrected chi connectivity index (χ1v) is 2.65. The Morgan fingerprint density at radius 2 is 2.44 bits per heavy atom. The van der Waals surface area contributed by atoms with Crippen LogP contribution in [0.4, 0.5) is 0 Å². The van der Waals surface area contributed by atoms with Crippen molar-refractivity contribution >= 4 is 5.97 Å². The van der Waals surface area contributed by atoms with Gasteiger partial charge in [-0.25, -0.2) is 0 Å². The molecule has 0 amide bonds. The molecule has 0 aliphatic carbocycles. The Bertz CT molecular complexity index is 139. The molecule has 0 aromatic rings. The Labute approximate surface area is 55.2 Å². The zero-order chi connectivity index (χ0) is 7.11. The number of esters is 1. The van der Waals surface area contributed by atoms with Crippen LogP contribution < -0.4 is 0 Å². The maximum absolute atomic E-state index is 10.1. The second-order valence-electron chi connectivity index (χ2n) is 1.44. The van der Waals surface area contributed by atoms with E-state index in [1.165, 1.54) is 6.92 Å². The number of ether oxygens (including phenoxy) is 1. The van der Waals surface area contributed by atoms with Gasteiger partial charge in [0.25, 0.3) is 0 Å². The SMILES string of the molecule is [CH2]C#CCCOC(C)=O. The molecule has 0 bridgehead atoms. The molecular weight excluding hydrogens is 116 g/mol. The Morgan fingerprint density at radius 1 is 1.78 bits per heavy atom. The Morgan fingerprint density at radius 3 is 2.89 bits per heavy atom. The van der Waals surface area contributed by atoms with E-state index in [1.807, 2.05) is 0 Å². The van der Waals surface area contributed by atoms with Crippen molar-refractivity contribution in [3.8, 4) is 11.8 Å². The lowest BCUT2D eigenvalue weighted by Gasteiger charge is -1.93. The van der Waals surface area contributed by atoms with Crippen LogP contribution in [0.3, 0.4) is 0 Å². The highest BCUT2D eigenvalue weighted by Crippen LogP contribution is 1.79. The molecule has 0 rings (SSSR count). The largest absolute Gasteiger partial charge is 0.465 e. The summed E-state index contributed by atoms with van der Waals surface area (Å²) in [6.07, 6.45) is 0.573. The first kappa shape index (κ1) is 8.03. The lowest BCUT2D eigenvalue weighted by Crippen LogP contribution is -1.98. The fraction of sp³-hybridized carbons (Fsp3) is 0.429. The van der Waals surface area contributed by atoms with E-state index in [1.54, 1.807) is 0 Å². The van der Waals surface area contributed by atoms with Crippen molar-refractivity contribution in [2.45, 2.75) is 13.3 Å². The van der Waals surface area contributed by atoms with Gasteiger partial charge in [0.15, 0.2) is 0 Å². The Hall–Kier alpha value is -0.970. The van der Waals surface area contributed by atoms with E-state index in [2.05, 4.69) is 23.5 Å². The topological polar surface area (TPSA) is 26.3 Å². The average molecular weight is 125 g/mol. The van der Waals surface area contributed by atoms with E-state index < -0.39 is 0 Å². The molecule has 1 radical (unpaired) electrons. The minimum absolute atomic E-state index is 0.263. The van der Waals surface area contributed by atoms with Crippen LogP contribution in [0.1, 0.15) is 13.3 Å². The molecule has 2 heteroatoms. The minimum Gasteiger partial charge on any atom is -0.465 e. The van der Waals surface area contributed by atoms with Crippen LogP contribution in [0.5, 0.6) is 0 Å². The molecule has 0 N–H and O–H groups in total. The van der Waals surface area contributed by atoms with Crippen LogP contribution in [0, 0.1) is 18.8 Å². The van der Waals surface area contributed by atoms with Crippen LogP contribution in [0.2, 0.25) is 0 Å². The molecule has 0 aliphatic heterocycles. The van der Waals surface area contributed by atoms with Gasteiger partial charge < -0.3 is 4.74 Å². The zero-order valence-electron chi connectivity index (χ0n) is 5.44. The molecule has 9 heavy (non-hydrogen) atoms. The van der Waals surface area contributed by atoms with Gasteiger partial charge in [-0.05, 0) is 0 Å². The van der Waals surface area contributed by atoms with Crippen molar-refractivity contribution in [2.75, 3.05) is 6.61 Å². The smallest absolute Gasteiger partial charge is 0.302 e. The Kier molecular flexibility index (Phi) is 4.61. The first-order valence-electron chi connectivity index (χ1n) is 2.65. The molecule has 0 spiro atoms. The highest BCUT2D eigenvalue weighted by molar-refractivity contribution is 5.65. The lowest BCUT2D eigenvalue weighted by molar-refractivity contribution is -0.140. The number of carbonyl (C=O) groups excluding carboxylic acids is 1. The summed E-state index contributed by atoms with van der Waals surface area (Å²) < 4.78 is 4.57. The monoisotopic (exact) mass is 125 g/mol. The van der Waals surface area contributed by atoms with Gasteiger partial charge in [-0.3, -0.25) is 4.79 Å². The first-order chi connectivity index (χ1) is 4.27. The molecule has 0 aromatic carbocycles. The second-order valence-corrected chi connectivity index (χ2v) is 1.44. The number of carbonyl (C=O) groups is 1. The van der Waals surface area contributed by atoms with Crippen molar-refractivity contribution in [2.24, 2.45) is 0 Å².